The Morgan fingerprint density at radius 2 is 2.11 bits per heavy atom. The van der Waals surface area contributed by atoms with E-state index in [2.05, 4.69) is 20.6 Å². The summed E-state index contributed by atoms with van der Waals surface area (Å²) in [4.78, 5) is 19.8. The van der Waals surface area contributed by atoms with E-state index in [0.29, 0.717) is 37.9 Å². The molecule has 0 aromatic carbocycles. The summed E-state index contributed by atoms with van der Waals surface area (Å²) in [7, 11) is 1.61. The third-order valence-corrected chi connectivity index (χ3v) is 2.21. The van der Waals surface area contributed by atoms with Gasteiger partial charge in [-0.1, -0.05) is 0 Å². The lowest BCUT2D eigenvalue weighted by atomic mass is 10.4. The molecule has 0 fully saturated rings. The van der Waals surface area contributed by atoms with Crippen LogP contribution in [0.4, 0.5) is 5.82 Å². The molecule has 0 aliphatic heterocycles. The van der Waals surface area contributed by atoms with Gasteiger partial charge in [-0.05, 0) is 6.92 Å². The van der Waals surface area contributed by atoms with Crippen LogP contribution in [0.15, 0.2) is 12.4 Å². The van der Waals surface area contributed by atoms with Crippen LogP contribution < -0.4 is 10.6 Å². The van der Waals surface area contributed by atoms with Crippen molar-refractivity contribution in [3.8, 4) is 0 Å². The lowest BCUT2D eigenvalue weighted by molar-refractivity contribution is 0.0691. The maximum Gasteiger partial charge on any atom is 0.271 e. The zero-order valence-electron chi connectivity index (χ0n) is 11.3. The minimum atomic E-state index is -0.258. The largest absolute Gasteiger partial charge is 0.382 e. The van der Waals surface area contributed by atoms with E-state index in [0.717, 1.165) is 6.54 Å². The van der Waals surface area contributed by atoms with Gasteiger partial charge in [-0.15, -0.1) is 0 Å². The Kier molecular flexibility index (Phi) is 7.45. The molecule has 1 aromatic rings. The monoisotopic (exact) mass is 268 g/mol. The van der Waals surface area contributed by atoms with Crippen molar-refractivity contribution in [2.75, 3.05) is 45.3 Å². The Bertz CT molecular complexity index is 370. The van der Waals surface area contributed by atoms with Crippen molar-refractivity contribution in [2.24, 2.45) is 0 Å². The molecule has 19 heavy (non-hydrogen) atoms. The fourth-order valence-electron chi connectivity index (χ4n) is 1.29. The Hall–Kier alpha value is -1.73. The molecule has 7 nitrogen and oxygen atoms in total. The third kappa shape index (κ3) is 6.12. The second-order valence-electron chi connectivity index (χ2n) is 3.68. The first-order valence-electron chi connectivity index (χ1n) is 6.18. The Balaban J connectivity index is 2.25. The molecule has 0 aliphatic carbocycles. The number of carbonyl (C=O) groups is 1. The second kappa shape index (κ2) is 9.23. The van der Waals surface area contributed by atoms with E-state index in [9.17, 15) is 4.79 Å². The van der Waals surface area contributed by atoms with Crippen LogP contribution in [-0.2, 0) is 9.47 Å². The van der Waals surface area contributed by atoms with Crippen molar-refractivity contribution in [1.29, 1.82) is 0 Å². The summed E-state index contributed by atoms with van der Waals surface area (Å²) in [6.07, 6.45) is 2.98. The van der Waals surface area contributed by atoms with Crippen molar-refractivity contribution >= 4 is 11.7 Å². The van der Waals surface area contributed by atoms with Gasteiger partial charge in [0.05, 0.1) is 32.2 Å². The minimum Gasteiger partial charge on any atom is -0.382 e. The van der Waals surface area contributed by atoms with E-state index in [4.69, 9.17) is 9.47 Å². The molecular formula is C12H20N4O3. The topological polar surface area (TPSA) is 85.4 Å². The molecule has 0 saturated carbocycles. The zero-order chi connectivity index (χ0) is 13.9. The summed E-state index contributed by atoms with van der Waals surface area (Å²) in [6.45, 7) is 4.66. The van der Waals surface area contributed by atoms with Crippen LogP contribution in [-0.4, -0.2) is 55.9 Å². The molecule has 2 N–H and O–H groups in total. The lowest BCUT2D eigenvalue weighted by Gasteiger charge is -2.06. The number of carbonyl (C=O) groups excluding carboxylic acids is 1. The summed E-state index contributed by atoms with van der Waals surface area (Å²) < 4.78 is 10.1. The molecule has 0 atom stereocenters. The van der Waals surface area contributed by atoms with Crippen molar-refractivity contribution in [2.45, 2.75) is 6.92 Å². The van der Waals surface area contributed by atoms with Gasteiger partial charge in [-0.25, -0.2) is 9.97 Å². The van der Waals surface area contributed by atoms with Crippen LogP contribution >= 0.6 is 0 Å². The highest BCUT2D eigenvalue weighted by atomic mass is 16.5. The number of anilines is 1. The normalized spacial score (nSPS) is 10.2. The molecule has 0 aliphatic rings. The van der Waals surface area contributed by atoms with E-state index in [1.54, 1.807) is 7.11 Å². The van der Waals surface area contributed by atoms with Crippen LogP contribution in [0.5, 0.6) is 0 Å². The van der Waals surface area contributed by atoms with Crippen molar-refractivity contribution in [3.05, 3.63) is 18.1 Å². The van der Waals surface area contributed by atoms with Gasteiger partial charge in [0.15, 0.2) is 0 Å². The van der Waals surface area contributed by atoms with Gasteiger partial charge in [0, 0.05) is 20.2 Å². The highest BCUT2D eigenvalue weighted by molar-refractivity contribution is 5.91. The summed E-state index contributed by atoms with van der Waals surface area (Å²) in [6, 6.07) is 0. The third-order valence-electron chi connectivity index (χ3n) is 2.21. The van der Waals surface area contributed by atoms with E-state index >= 15 is 0 Å². The summed E-state index contributed by atoms with van der Waals surface area (Å²) in [5, 5.41) is 5.71. The Morgan fingerprint density at radius 3 is 2.74 bits per heavy atom. The van der Waals surface area contributed by atoms with Crippen molar-refractivity contribution < 1.29 is 14.3 Å². The quantitative estimate of drug-likeness (QED) is 0.627. The number of nitrogens with one attached hydrogen (secondary N) is 2. The van der Waals surface area contributed by atoms with Gasteiger partial charge in [0.1, 0.15) is 11.5 Å². The van der Waals surface area contributed by atoms with E-state index < -0.39 is 0 Å². The molecule has 0 spiro atoms. The molecule has 1 heterocycles. The molecule has 0 radical (unpaired) electrons. The maximum absolute atomic E-state index is 11.7. The number of rotatable bonds is 9. The number of hydrogen-bond donors (Lipinski definition) is 2. The highest BCUT2D eigenvalue weighted by Gasteiger charge is 2.06. The van der Waals surface area contributed by atoms with Crippen LogP contribution in [0.2, 0.25) is 0 Å². The molecule has 1 amide bonds. The van der Waals surface area contributed by atoms with Crippen molar-refractivity contribution in [1.82, 2.24) is 15.3 Å². The summed E-state index contributed by atoms with van der Waals surface area (Å²) >= 11 is 0. The number of ether oxygens (including phenoxy) is 2. The fourth-order valence-corrected chi connectivity index (χ4v) is 1.29. The van der Waals surface area contributed by atoms with Crippen LogP contribution in [0, 0.1) is 0 Å². The predicted molar refractivity (Wildman–Crippen MR) is 71.2 cm³/mol. The van der Waals surface area contributed by atoms with Gasteiger partial charge in [-0.2, -0.15) is 0 Å². The first-order chi connectivity index (χ1) is 9.27. The predicted octanol–water partition coefficient (Wildman–Crippen LogP) is 0.301. The molecule has 0 unspecified atom stereocenters. The first-order valence-corrected chi connectivity index (χ1v) is 6.18. The average Bonchev–Trinajstić information content (AvgIpc) is 2.43. The van der Waals surface area contributed by atoms with Gasteiger partial charge in [-0.3, -0.25) is 4.79 Å². The van der Waals surface area contributed by atoms with E-state index in [-0.39, 0.29) is 5.91 Å². The smallest absolute Gasteiger partial charge is 0.271 e. The molecular weight excluding hydrogens is 248 g/mol. The number of aromatic nitrogens is 2. The van der Waals surface area contributed by atoms with Gasteiger partial charge >= 0.3 is 0 Å². The minimum absolute atomic E-state index is 0.258. The number of amides is 1. The number of methoxy groups -OCH3 is 1. The molecule has 1 aromatic heterocycles. The SMILES string of the molecule is CCNc1cnc(C(=O)NCCOCCOC)cn1. The lowest BCUT2D eigenvalue weighted by Crippen LogP contribution is -2.28. The fraction of sp³-hybridized carbons (Fsp3) is 0.583. The van der Waals surface area contributed by atoms with Crippen molar-refractivity contribution in [3.63, 3.8) is 0 Å². The van der Waals surface area contributed by atoms with Gasteiger partial charge < -0.3 is 20.1 Å². The van der Waals surface area contributed by atoms with Gasteiger partial charge in [0.2, 0.25) is 0 Å². The standard InChI is InChI=1S/C12H20N4O3/c1-3-13-11-9-15-10(8-16-11)12(17)14-4-5-19-7-6-18-2/h8-9H,3-7H2,1-2H3,(H,13,16)(H,14,17). The van der Waals surface area contributed by atoms with Gasteiger partial charge in [0.25, 0.3) is 5.91 Å². The van der Waals surface area contributed by atoms with Crippen LogP contribution in [0.25, 0.3) is 0 Å². The van der Waals surface area contributed by atoms with E-state index in [1.165, 1.54) is 12.4 Å². The highest BCUT2D eigenvalue weighted by Crippen LogP contribution is 2.00. The average molecular weight is 268 g/mol. The number of nitrogens with zero attached hydrogens (tertiary/aromatic N) is 2. The maximum atomic E-state index is 11.7. The molecule has 7 heteroatoms. The molecule has 1 rings (SSSR count). The number of hydrogen-bond acceptors (Lipinski definition) is 6. The first kappa shape index (κ1) is 15.3. The van der Waals surface area contributed by atoms with E-state index in [1.807, 2.05) is 6.92 Å². The second-order valence-corrected chi connectivity index (χ2v) is 3.68. The zero-order valence-corrected chi connectivity index (χ0v) is 11.3. The Labute approximate surface area is 112 Å². The van der Waals surface area contributed by atoms with Crippen LogP contribution in [0.1, 0.15) is 17.4 Å². The molecule has 106 valence electrons. The molecule has 0 bridgehead atoms. The summed E-state index contributed by atoms with van der Waals surface area (Å²) in [5.74, 6) is 0.396. The van der Waals surface area contributed by atoms with Crippen LogP contribution in [0.3, 0.4) is 0 Å². The Morgan fingerprint density at radius 1 is 1.26 bits per heavy atom. The molecule has 0 saturated heterocycles. The summed E-state index contributed by atoms with van der Waals surface area (Å²) in [5.41, 5.74) is 0.290.